The first kappa shape index (κ1) is 19.1. The molecular weight excluding hydrogens is 405 g/mol. The number of phenols is 1. The summed E-state index contributed by atoms with van der Waals surface area (Å²) in [6, 6.07) is 17.0. The van der Waals surface area contributed by atoms with E-state index in [1.165, 1.54) is 17.0 Å². The van der Waals surface area contributed by atoms with Gasteiger partial charge < -0.3 is 5.11 Å². The van der Waals surface area contributed by atoms with Crippen molar-refractivity contribution in [1.29, 1.82) is 0 Å². The number of aromatic hydroxyl groups is 1. The van der Waals surface area contributed by atoms with Crippen LogP contribution in [-0.4, -0.2) is 16.0 Å². The highest BCUT2D eigenvalue weighted by Crippen LogP contribution is 2.42. The summed E-state index contributed by atoms with van der Waals surface area (Å²) < 4.78 is 39.7. The summed E-state index contributed by atoms with van der Waals surface area (Å²) in [5.41, 5.74) is 2.90. The first-order valence-electron chi connectivity index (χ1n) is 9.52. The van der Waals surface area contributed by atoms with Crippen molar-refractivity contribution in [2.75, 3.05) is 4.90 Å². The Labute approximate surface area is 175 Å². The third kappa shape index (κ3) is 3.28. The molecule has 31 heavy (non-hydrogen) atoms. The van der Waals surface area contributed by atoms with Gasteiger partial charge >= 0.3 is 6.18 Å². The fourth-order valence-electron chi connectivity index (χ4n) is 3.91. The topological polar surface area (TPSA) is 53.4 Å². The molecule has 0 spiro atoms. The first-order valence-corrected chi connectivity index (χ1v) is 9.52. The number of amides is 1. The second kappa shape index (κ2) is 6.84. The van der Waals surface area contributed by atoms with Crippen molar-refractivity contribution >= 4 is 28.2 Å². The largest absolute Gasteiger partial charge is 0.508 e. The number of rotatable bonds is 2. The Morgan fingerprint density at radius 2 is 1.68 bits per heavy atom. The maximum atomic E-state index is 13.2. The highest BCUT2D eigenvalue weighted by molar-refractivity contribution is 6.14. The van der Waals surface area contributed by atoms with Crippen molar-refractivity contribution in [1.82, 2.24) is 4.98 Å². The van der Waals surface area contributed by atoms with Crippen LogP contribution in [0.3, 0.4) is 0 Å². The quantitative estimate of drug-likeness (QED) is 0.443. The monoisotopic (exact) mass is 420 g/mol. The Bertz CT molecular complexity index is 1330. The molecule has 1 amide bonds. The van der Waals surface area contributed by atoms with Crippen molar-refractivity contribution in [3.8, 4) is 16.9 Å². The Kier molecular flexibility index (Phi) is 4.22. The number of halogens is 3. The van der Waals surface area contributed by atoms with E-state index in [2.05, 4.69) is 4.98 Å². The molecule has 3 aromatic carbocycles. The van der Waals surface area contributed by atoms with Gasteiger partial charge in [-0.3, -0.25) is 14.7 Å². The normalized spacial score (nSPS) is 13.6. The lowest BCUT2D eigenvalue weighted by atomic mass is 10.0. The van der Waals surface area contributed by atoms with Gasteiger partial charge in [0.25, 0.3) is 0 Å². The summed E-state index contributed by atoms with van der Waals surface area (Å²) in [7, 11) is 0. The Hall–Kier alpha value is -3.87. The van der Waals surface area contributed by atoms with E-state index in [1.807, 2.05) is 18.2 Å². The lowest BCUT2D eigenvalue weighted by Gasteiger charge is -2.21. The standard InChI is InChI=1S/C24H15F3N2O2/c25-24(26,27)17-2-1-3-18(12-17)29-22(31)11-16-13-28-21-9-6-15(10-20(21)23(16)29)14-4-7-19(30)8-5-14/h1-10,12-13,30H,11H2. The summed E-state index contributed by atoms with van der Waals surface area (Å²) in [4.78, 5) is 18.6. The molecule has 0 bridgehead atoms. The summed E-state index contributed by atoms with van der Waals surface area (Å²) in [6.07, 6.45) is -2.84. The number of carbonyl (C=O) groups is 1. The van der Waals surface area contributed by atoms with Gasteiger partial charge in [-0.1, -0.05) is 24.3 Å². The van der Waals surface area contributed by atoms with Crippen molar-refractivity contribution in [2.45, 2.75) is 12.6 Å². The molecule has 0 aliphatic carbocycles. The molecule has 7 heteroatoms. The van der Waals surface area contributed by atoms with E-state index in [0.717, 1.165) is 23.3 Å². The fraction of sp³-hybridized carbons (Fsp3) is 0.0833. The number of fused-ring (bicyclic) bond motifs is 3. The lowest BCUT2D eigenvalue weighted by molar-refractivity contribution is -0.137. The number of carbonyl (C=O) groups excluding carboxylic acids is 1. The van der Waals surface area contributed by atoms with E-state index >= 15 is 0 Å². The van der Waals surface area contributed by atoms with Crippen LogP contribution < -0.4 is 4.90 Å². The van der Waals surface area contributed by atoms with Crippen LogP contribution in [-0.2, 0) is 17.4 Å². The molecule has 0 fully saturated rings. The average Bonchev–Trinajstić information content (AvgIpc) is 3.10. The molecule has 0 saturated carbocycles. The Morgan fingerprint density at radius 1 is 0.935 bits per heavy atom. The smallest absolute Gasteiger partial charge is 0.416 e. The first-order chi connectivity index (χ1) is 14.8. The summed E-state index contributed by atoms with van der Waals surface area (Å²) >= 11 is 0. The number of aromatic nitrogens is 1. The highest BCUT2D eigenvalue weighted by Gasteiger charge is 2.34. The van der Waals surface area contributed by atoms with Crippen LogP contribution in [0.2, 0.25) is 0 Å². The van der Waals surface area contributed by atoms with Crippen molar-refractivity contribution in [3.63, 3.8) is 0 Å². The molecule has 0 radical (unpaired) electrons. The van der Waals surface area contributed by atoms with E-state index in [4.69, 9.17) is 0 Å². The SMILES string of the molecule is O=C1Cc2cnc3ccc(-c4ccc(O)cc4)cc3c2N1c1cccc(C(F)(F)F)c1. The zero-order chi connectivity index (χ0) is 21.8. The highest BCUT2D eigenvalue weighted by atomic mass is 19.4. The van der Waals surface area contributed by atoms with E-state index in [0.29, 0.717) is 22.2 Å². The molecule has 4 aromatic rings. The van der Waals surface area contributed by atoms with Crippen LogP contribution >= 0.6 is 0 Å². The van der Waals surface area contributed by atoms with Gasteiger partial charge in [0.1, 0.15) is 5.75 Å². The van der Waals surface area contributed by atoms with Crippen molar-refractivity contribution in [2.24, 2.45) is 0 Å². The average molecular weight is 420 g/mol. The Morgan fingerprint density at radius 3 is 2.42 bits per heavy atom. The van der Waals surface area contributed by atoms with E-state index in [-0.39, 0.29) is 23.8 Å². The van der Waals surface area contributed by atoms with Crippen LogP contribution in [0.4, 0.5) is 24.5 Å². The minimum atomic E-state index is -4.51. The molecule has 1 aliphatic heterocycles. The number of anilines is 2. The number of phenolic OH excluding ortho intramolecular Hbond substituents is 1. The van der Waals surface area contributed by atoms with Crippen molar-refractivity contribution in [3.05, 3.63) is 84.1 Å². The van der Waals surface area contributed by atoms with Gasteiger partial charge in [0.05, 0.1) is 23.2 Å². The van der Waals surface area contributed by atoms with Crippen LogP contribution in [0.25, 0.3) is 22.0 Å². The summed E-state index contributed by atoms with van der Waals surface area (Å²) in [6.45, 7) is 0. The predicted octanol–water partition coefficient (Wildman–Crippen LogP) is 5.85. The van der Waals surface area contributed by atoms with Gasteiger partial charge in [0, 0.05) is 22.8 Å². The van der Waals surface area contributed by atoms with E-state index in [1.54, 1.807) is 30.5 Å². The number of hydrogen-bond acceptors (Lipinski definition) is 3. The fourth-order valence-corrected chi connectivity index (χ4v) is 3.91. The second-order valence-corrected chi connectivity index (χ2v) is 7.36. The van der Waals surface area contributed by atoms with Crippen LogP contribution in [0, 0.1) is 0 Å². The van der Waals surface area contributed by atoms with Crippen molar-refractivity contribution < 1.29 is 23.1 Å². The van der Waals surface area contributed by atoms with Crippen LogP contribution in [0.5, 0.6) is 5.75 Å². The third-order valence-electron chi connectivity index (χ3n) is 5.36. The molecule has 1 N–H and O–H groups in total. The van der Waals surface area contributed by atoms with E-state index in [9.17, 15) is 23.1 Å². The maximum Gasteiger partial charge on any atom is 0.416 e. The number of hydrogen-bond donors (Lipinski definition) is 1. The van der Waals surface area contributed by atoms with Gasteiger partial charge in [-0.05, 0) is 53.6 Å². The molecule has 154 valence electrons. The second-order valence-electron chi connectivity index (χ2n) is 7.36. The van der Waals surface area contributed by atoms with Crippen LogP contribution in [0.1, 0.15) is 11.1 Å². The number of pyridine rings is 1. The summed E-state index contributed by atoms with van der Waals surface area (Å²) in [5, 5.41) is 10.2. The molecule has 4 nitrogen and oxygen atoms in total. The Balaban J connectivity index is 1.70. The molecule has 2 heterocycles. The van der Waals surface area contributed by atoms with Gasteiger partial charge in [-0.25, -0.2) is 0 Å². The molecule has 1 aromatic heterocycles. The lowest BCUT2D eigenvalue weighted by Crippen LogP contribution is -2.21. The zero-order valence-electron chi connectivity index (χ0n) is 16.0. The number of alkyl halides is 3. The maximum absolute atomic E-state index is 13.2. The molecule has 0 unspecified atom stereocenters. The predicted molar refractivity (Wildman–Crippen MR) is 111 cm³/mol. The van der Waals surface area contributed by atoms with E-state index < -0.39 is 11.7 Å². The summed E-state index contributed by atoms with van der Waals surface area (Å²) in [5.74, 6) is -0.160. The minimum Gasteiger partial charge on any atom is -0.508 e. The zero-order valence-corrected chi connectivity index (χ0v) is 16.0. The third-order valence-corrected chi connectivity index (χ3v) is 5.36. The van der Waals surface area contributed by atoms with Gasteiger partial charge in [-0.2, -0.15) is 13.2 Å². The number of benzene rings is 3. The van der Waals surface area contributed by atoms with Gasteiger partial charge in [0.2, 0.25) is 5.91 Å². The molecule has 0 saturated heterocycles. The molecule has 0 atom stereocenters. The molecule has 1 aliphatic rings. The molecule has 5 rings (SSSR count). The minimum absolute atomic E-state index is 0.0674. The van der Waals surface area contributed by atoms with Crippen LogP contribution in [0.15, 0.2) is 72.9 Å². The van der Waals surface area contributed by atoms with Gasteiger partial charge in [0.15, 0.2) is 0 Å². The molecular formula is C24H15F3N2O2. The van der Waals surface area contributed by atoms with Gasteiger partial charge in [-0.15, -0.1) is 0 Å². The number of nitrogens with zero attached hydrogens (tertiary/aromatic N) is 2.